The van der Waals surface area contributed by atoms with Crippen LogP contribution >= 0.6 is 11.6 Å². The van der Waals surface area contributed by atoms with E-state index < -0.39 is 11.7 Å². The van der Waals surface area contributed by atoms with Crippen molar-refractivity contribution >= 4 is 23.2 Å². The van der Waals surface area contributed by atoms with Gasteiger partial charge >= 0.3 is 0 Å². The number of benzene rings is 1. The van der Waals surface area contributed by atoms with Crippen molar-refractivity contribution in [2.45, 2.75) is 13.3 Å². The van der Waals surface area contributed by atoms with Crippen LogP contribution < -0.4 is 5.32 Å². The van der Waals surface area contributed by atoms with Gasteiger partial charge in [-0.1, -0.05) is 18.5 Å². The lowest BCUT2D eigenvalue weighted by Crippen LogP contribution is -2.15. The summed E-state index contributed by atoms with van der Waals surface area (Å²) in [5, 5.41) is 2.71. The summed E-state index contributed by atoms with van der Waals surface area (Å²) in [7, 11) is 0. The molecule has 0 aliphatic carbocycles. The van der Waals surface area contributed by atoms with E-state index in [2.05, 4.69) is 15.3 Å². The molecule has 0 fully saturated rings. The molecule has 2 aromatic rings. The van der Waals surface area contributed by atoms with E-state index in [1.54, 1.807) is 6.07 Å². The molecule has 4 nitrogen and oxygen atoms in total. The molecule has 19 heavy (non-hydrogen) atoms. The number of carbonyl (C=O) groups is 1. The van der Waals surface area contributed by atoms with Gasteiger partial charge in [-0.25, -0.2) is 14.4 Å². The third-order valence-electron chi connectivity index (χ3n) is 2.50. The van der Waals surface area contributed by atoms with Crippen LogP contribution in [0.3, 0.4) is 0 Å². The van der Waals surface area contributed by atoms with Crippen LogP contribution in [-0.2, 0) is 6.42 Å². The first kappa shape index (κ1) is 13.4. The van der Waals surface area contributed by atoms with Gasteiger partial charge in [0.25, 0.3) is 5.91 Å². The summed E-state index contributed by atoms with van der Waals surface area (Å²) in [4.78, 5) is 19.8. The van der Waals surface area contributed by atoms with E-state index in [1.807, 2.05) is 6.92 Å². The number of nitrogens with zero attached hydrogens (tertiary/aromatic N) is 2. The topological polar surface area (TPSA) is 54.9 Å². The van der Waals surface area contributed by atoms with Gasteiger partial charge in [-0.3, -0.25) is 4.79 Å². The molecule has 0 unspecified atom stereocenters. The Morgan fingerprint density at radius 3 is 2.84 bits per heavy atom. The van der Waals surface area contributed by atoms with Crippen molar-refractivity contribution in [2.24, 2.45) is 0 Å². The third-order valence-corrected chi connectivity index (χ3v) is 2.73. The Bertz CT molecular complexity index is 619. The highest BCUT2D eigenvalue weighted by Gasteiger charge is 2.11. The predicted molar refractivity (Wildman–Crippen MR) is 70.8 cm³/mol. The fraction of sp³-hybridized carbons (Fsp3) is 0.154. The summed E-state index contributed by atoms with van der Waals surface area (Å²) in [6, 6.07) is 5.60. The summed E-state index contributed by atoms with van der Waals surface area (Å²) >= 11 is 5.64. The number of halogens is 2. The first-order valence-electron chi connectivity index (χ1n) is 5.67. The summed E-state index contributed by atoms with van der Waals surface area (Å²) in [5.41, 5.74) is 1.00. The smallest absolute Gasteiger partial charge is 0.274 e. The van der Waals surface area contributed by atoms with Gasteiger partial charge in [-0.05, 0) is 30.7 Å². The minimum atomic E-state index is -0.592. The van der Waals surface area contributed by atoms with Crippen molar-refractivity contribution in [1.29, 1.82) is 0 Å². The molecule has 1 heterocycles. The van der Waals surface area contributed by atoms with E-state index in [1.165, 1.54) is 18.5 Å². The summed E-state index contributed by atoms with van der Waals surface area (Å²) in [6.45, 7) is 1.92. The average molecular weight is 280 g/mol. The van der Waals surface area contributed by atoms with Crippen LogP contribution in [0.1, 0.15) is 23.1 Å². The van der Waals surface area contributed by atoms with Crippen LogP contribution in [0.15, 0.2) is 30.6 Å². The molecule has 0 spiro atoms. The fourth-order valence-corrected chi connectivity index (χ4v) is 1.65. The lowest BCUT2D eigenvalue weighted by Gasteiger charge is -2.06. The number of nitrogens with one attached hydrogen (secondary N) is 1. The van der Waals surface area contributed by atoms with Gasteiger partial charge in [0, 0.05) is 10.7 Å². The van der Waals surface area contributed by atoms with Gasteiger partial charge < -0.3 is 5.32 Å². The Morgan fingerprint density at radius 1 is 1.37 bits per heavy atom. The van der Waals surface area contributed by atoms with Gasteiger partial charge in [0.05, 0.1) is 5.69 Å². The van der Waals surface area contributed by atoms with E-state index in [4.69, 9.17) is 11.6 Å². The summed E-state index contributed by atoms with van der Waals surface area (Å²) in [5.74, 6) is -1.08. The van der Waals surface area contributed by atoms with Crippen molar-refractivity contribution in [2.75, 3.05) is 5.32 Å². The molecule has 6 heteroatoms. The molecule has 0 saturated heterocycles. The molecule has 0 saturated carbocycles. The van der Waals surface area contributed by atoms with Crippen molar-refractivity contribution < 1.29 is 9.18 Å². The lowest BCUT2D eigenvalue weighted by atomic mass is 10.2. The third kappa shape index (κ3) is 3.26. The standard InChI is InChI=1S/C13H11ClFN3O/c1-2-9-6-12(17-7-16-9)13(19)18-11-4-3-8(14)5-10(11)15/h3-7H,2H2,1H3,(H,18,19). The largest absolute Gasteiger partial charge is 0.318 e. The van der Waals surface area contributed by atoms with Crippen LogP contribution in [0.2, 0.25) is 5.02 Å². The zero-order valence-corrected chi connectivity index (χ0v) is 10.9. The number of rotatable bonds is 3. The Kier molecular flexibility index (Phi) is 4.06. The minimum absolute atomic E-state index is 0.0612. The second kappa shape index (κ2) is 5.75. The zero-order chi connectivity index (χ0) is 13.8. The molecular weight excluding hydrogens is 269 g/mol. The number of anilines is 1. The molecule has 98 valence electrons. The molecule has 0 aliphatic heterocycles. The Hall–Kier alpha value is -2.01. The van der Waals surface area contributed by atoms with Crippen LogP contribution in [0.5, 0.6) is 0 Å². The monoisotopic (exact) mass is 279 g/mol. The van der Waals surface area contributed by atoms with Gasteiger partial charge in [0.15, 0.2) is 0 Å². The average Bonchev–Trinajstić information content (AvgIpc) is 2.42. The molecule has 0 radical (unpaired) electrons. The number of aryl methyl sites for hydroxylation is 1. The first-order chi connectivity index (χ1) is 9.10. The molecule has 0 aliphatic rings. The highest BCUT2D eigenvalue weighted by atomic mass is 35.5. The van der Waals surface area contributed by atoms with Crippen LogP contribution in [0.25, 0.3) is 0 Å². The predicted octanol–water partition coefficient (Wildman–Crippen LogP) is 3.08. The molecule has 1 N–H and O–H groups in total. The highest BCUT2D eigenvalue weighted by Crippen LogP contribution is 2.19. The molecule has 0 bridgehead atoms. The number of hydrogen-bond acceptors (Lipinski definition) is 3. The van der Waals surface area contributed by atoms with Gasteiger partial charge in [0.2, 0.25) is 0 Å². The molecule has 2 rings (SSSR count). The van der Waals surface area contributed by atoms with Gasteiger partial charge in [-0.15, -0.1) is 0 Å². The highest BCUT2D eigenvalue weighted by molar-refractivity contribution is 6.30. The Morgan fingerprint density at radius 2 is 2.16 bits per heavy atom. The normalized spacial score (nSPS) is 10.3. The minimum Gasteiger partial charge on any atom is -0.318 e. The first-order valence-corrected chi connectivity index (χ1v) is 6.05. The second-order valence-electron chi connectivity index (χ2n) is 3.83. The van der Waals surface area contributed by atoms with Gasteiger partial charge in [-0.2, -0.15) is 0 Å². The quantitative estimate of drug-likeness (QED) is 0.939. The van der Waals surface area contributed by atoms with Crippen molar-refractivity contribution in [3.05, 3.63) is 52.8 Å². The zero-order valence-electron chi connectivity index (χ0n) is 10.2. The number of hydrogen-bond donors (Lipinski definition) is 1. The Balaban J connectivity index is 2.20. The van der Waals surface area contributed by atoms with Crippen molar-refractivity contribution in [1.82, 2.24) is 9.97 Å². The molecule has 0 atom stereocenters. The summed E-state index contributed by atoms with van der Waals surface area (Å²) < 4.78 is 13.5. The summed E-state index contributed by atoms with van der Waals surface area (Å²) in [6.07, 6.45) is 2.00. The SMILES string of the molecule is CCc1cc(C(=O)Nc2ccc(Cl)cc2F)ncn1. The molecule has 1 amide bonds. The van der Waals surface area contributed by atoms with E-state index >= 15 is 0 Å². The van der Waals surface area contributed by atoms with Crippen molar-refractivity contribution in [3.63, 3.8) is 0 Å². The van der Waals surface area contributed by atoms with Crippen LogP contribution in [-0.4, -0.2) is 15.9 Å². The number of carbonyl (C=O) groups excluding carboxylic acids is 1. The van der Waals surface area contributed by atoms with E-state index in [0.29, 0.717) is 6.42 Å². The Labute approximate surface area is 114 Å². The maximum atomic E-state index is 13.5. The maximum Gasteiger partial charge on any atom is 0.274 e. The van der Waals surface area contributed by atoms with E-state index in [-0.39, 0.29) is 16.4 Å². The molecule has 1 aromatic carbocycles. The van der Waals surface area contributed by atoms with E-state index in [9.17, 15) is 9.18 Å². The number of aromatic nitrogens is 2. The molecule has 1 aromatic heterocycles. The second-order valence-corrected chi connectivity index (χ2v) is 4.26. The van der Waals surface area contributed by atoms with Crippen molar-refractivity contribution in [3.8, 4) is 0 Å². The molecular formula is C13H11ClFN3O. The van der Waals surface area contributed by atoms with E-state index in [0.717, 1.165) is 11.8 Å². The maximum absolute atomic E-state index is 13.5. The number of amides is 1. The van der Waals surface area contributed by atoms with Crippen LogP contribution in [0.4, 0.5) is 10.1 Å². The fourth-order valence-electron chi connectivity index (χ4n) is 1.49. The lowest BCUT2D eigenvalue weighted by molar-refractivity contribution is 0.102. The van der Waals surface area contributed by atoms with Crippen LogP contribution in [0, 0.1) is 5.82 Å². The van der Waals surface area contributed by atoms with Gasteiger partial charge in [0.1, 0.15) is 17.8 Å².